The second kappa shape index (κ2) is 5.53. The number of benzene rings is 1. The summed E-state index contributed by atoms with van der Waals surface area (Å²) in [5, 5.41) is 9.21. The van der Waals surface area contributed by atoms with Crippen LogP contribution in [0.4, 0.5) is 0 Å². The standard InChI is InChI=1S/C13H19N3O2/c1-7-5-8(2)11(9(3)6-7)18-10(4)12(17)16-13(14)15/h5-6,10H,1-4H3,(H4,14,15,16,17)/t10-/m1/s1. The maximum Gasteiger partial charge on any atom is 0.267 e. The van der Waals surface area contributed by atoms with Gasteiger partial charge in [0.1, 0.15) is 5.75 Å². The van der Waals surface area contributed by atoms with Crippen molar-refractivity contribution in [3.8, 4) is 5.75 Å². The lowest BCUT2D eigenvalue weighted by Crippen LogP contribution is -2.43. The predicted molar refractivity (Wildman–Crippen MR) is 70.8 cm³/mol. The Morgan fingerprint density at radius 1 is 1.33 bits per heavy atom. The maximum absolute atomic E-state index is 11.6. The zero-order valence-corrected chi connectivity index (χ0v) is 11.1. The van der Waals surface area contributed by atoms with Crippen LogP contribution in [0.2, 0.25) is 0 Å². The smallest absolute Gasteiger partial charge is 0.267 e. The Balaban J connectivity index is 2.85. The number of carbonyl (C=O) groups is 1. The summed E-state index contributed by atoms with van der Waals surface area (Å²) in [5.74, 6) is -0.110. The topological polar surface area (TPSA) is 88.2 Å². The van der Waals surface area contributed by atoms with Gasteiger partial charge in [0, 0.05) is 0 Å². The maximum atomic E-state index is 11.6. The highest BCUT2D eigenvalue weighted by molar-refractivity contribution is 5.96. The van der Waals surface area contributed by atoms with Crippen molar-refractivity contribution in [2.75, 3.05) is 0 Å². The number of aryl methyl sites for hydroxylation is 3. The average Bonchev–Trinajstić information content (AvgIpc) is 2.21. The van der Waals surface area contributed by atoms with Crippen LogP contribution < -0.4 is 15.8 Å². The number of nitrogens with one attached hydrogen (secondary N) is 2. The number of ether oxygens (including phenoxy) is 1. The molecular formula is C13H19N3O2. The molecule has 0 bridgehead atoms. The van der Waals surface area contributed by atoms with E-state index in [2.05, 4.69) is 5.32 Å². The quantitative estimate of drug-likeness (QED) is 0.558. The molecule has 98 valence electrons. The number of hydrogen-bond acceptors (Lipinski definition) is 3. The lowest BCUT2D eigenvalue weighted by atomic mass is 10.1. The first-order chi connectivity index (χ1) is 8.31. The number of carbonyl (C=O) groups excluding carboxylic acids is 1. The summed E-state index contributed by atoms with van der Waals surface area (Å²) < 4.78 is 5.63. The summed E-state index contributed by atoms with van der Waals surface area (Å²) in [4.78, 5) is 11.6. The third-order valence-corrected chi connectivity index (χ3v) is 2.53. The molecule has 0 aliphatic carbocycles. The van der Waals surface area contributed by atoms with Crippen molar-refractivity contribution in [2.24, 2.45) is 5.73 Å². The van der Waals surface area contributed by atoms with E-state index < -0.39 is 12.0 Å². The van der Waals surface area contributed by atoms with Gasteiger partial charge in [0.25, 0.3) is 5.91 Å². The summed E-state index contributed by atoms with van der Waals surface area (Å²) in [7, 11) is 0. The molecule has 1 atom stereocenters. The molecule has 0 unspecified atom stereocenters. The molecule has 5 heteroatoms. The molecular weight excluding hydrogens is 230 g/mol. The summed E-state index contributed by atoms with van der Waals surface area (Å²) in [5.41, 5.74) is 8.21. The van der Waals surface area contributed by atoms with Gasteiger partial charge in [0.15, 0.2) is 12.1 Å². The summed E-state index contributed by atoms with van der Waals surface area (Å²) >= 11 is 0. The van der Waals surface area contributed by atoms with Gasteiger partial charge in [-0.05, 0) is 38.8 Å². The van der Waals surface area contributed by atoms with Gasteiger partial charge in [-0.25, -0.2) is 0 Å². The van der Waals surface area contributed by atoms with Crippen molar-refractivity contribution in [2.45, 2.75) is 33.8 Å². The van der Waals surface area contributed by atoms with E-state index in [0.717, 1.165) is 16.7 Å². The highest BCUT2D eigenvalue weighted by atomic mass is 16.5. The zero-order chi connectivity index (χ0) is 13.9. The minimum atomic E-state index is -0.700. The minimum Gasteiger partial charge on any atom is -0.480 e. The van der Waals surface area contributed by atoms with Gasteiger partial charge < -0.3 is 10.5 Å². The van der Waals surface area contributed by atoms with E-state index in [1.165, 1.54) is 0 Å². The lowest BCUT2D eigenvalue weighted by molar-refractivity contribution is -0.125. The average molecular weight is 249 g/mol. The van der Waals surface area contributed by atoms with Crippen molar-refractivity contribution in [1.82, 2.24) is 5.32 Å². The van der Waals surface area contributed by atoms with E-state index in [4.69, 9.17) is 15.9 Å². The second-order valence-corrected chi connectivity index (χ2v) is 4.39. The van der Waals surface area contributed by atoms with Crippen molar-refractivity contribution >= 4 is 11.9 Å². The van der Waals surface area contributed by atoms with E-state index in [1.54, 1.807) is 6.92 Å². The molecule has 0 fully saturated rings. The zero-order valence-electron chi connectivity index (χ0n) is 11.1. The minimum absolute atomic E-state index is 0.382. The van der Waals surface area contributed by atoms with Crippen LogP contribution in [0.25, 0.3) is 0 Å². The molecule has 0 radical (unpaired) electrons. The van der Waals surface area contributed by atoms with Crippen LogP contribution in [0.15, 0.2) is 12.1 Å². The molecule has 0 saturated carbocycles. The molecule has 1 aromatic carbocycles. The van der Waals surface area contributed by atoms with E-state index >= 15 is 0 Å². The molecule has 1 rings (SSSR count). The first kappa shape index (κ1) is 14.0. The molecule has 0 saturated heterocycles. The van der Waals surface area contributed by atoms with E-state index in [9.17, 15) is 4.79 Å². The fraction of sp³-hybridized carbons (Fsp3) is 0.385. The van der Waals surface area contributed by atoms with Gasteiger partial charge in [0.05, 0.1) is 0 Å². The van der Waals surface area contributed by atoms with Crippen LogP contribution in [0.5, 0.6) is 5.75 Å². The Labute approximate surface area is 107 Å². The SMILES string of the molecule is Cc1cc(C)c(O[C@H](C)C(=O)NC(=N)N)c(C)c1. The first-order valence-electron chi connectivity index (χ1n) is 5.70. The Morgan fingerprint density at radius 3 is 2.28 bits per heavy atom. The van der Waals surface area contributed by atoms with Gasteiger partial charge >= 0.3 is 0 Å². The molecule has 1 aromatic rings. The molecule has 0 heterocycles. The normalized spacial score (nSPS) is 11.8. The summed E-state index contributed by atoms with van der Waals surface area (Å²) in [6, 6.07) is 4.00. The first-order valence-corrected chi connectivity index (χ1v) is 5.70. The largest absolute Gasteiger partial charge is 0.480 e. The number of hydrogen-bond donors (Lipinski definition) is 3. The number of guanidine groups is 1. The van der Waals surface area contributed by atoms with Crippen molar-refractivity contribution in [1.29, 1.82) is 5.41 Å². The Kier molecular flexibility index (Phi) is 4.31. The Bertz CT molecular complexity index is 460. The third-order valence-electron chi connectivity index (χ3n) is 2.53. The second-order valence-electron chi connectivity index (χ2n) is 4.39. The van der Waals surface area contributed by atoms with Crippen LogP contribution in [0.1, 0.15) is 23.6 Å². The Hall–Kier alpha value is -2.04. The molecule has 0 aliphatic heterocycles. The molecule has 0 aromatic heterocycles. The summed E-state index contributed by atoms with van der Waals surface area (Å²) in [6.07, 6.45) is -0.700. The van der Waals surface area contributed by atoms with Gasteiger partial charge in [-0.2, -0.15) is 0 Å². The molecule has 5 nitrogen and oxygen atoms in total. The van der Waals surface area contributed by atoms with Gasteiger partial charge in [-0.3, -0.25) is 15.5 Å². The molecule has 0 aliphatic rings. The van der Waals surface area contributed by atoms with Crippen LogP contribution in [-0.4, -0.2) is 18.0 Å². The number of nitrogens with two attached hydrogens (primary N) is 1. The molecule has 4 N–H and O–H groups in total. The van der Waals surface area contributed by atoms with Gasteiger partial charge in [0.2, 0.25) is 0 Å². The number of amides is 1. The van der Waals surface area contributed by atoms with Gasteiger partial charge in [-0.1, -0.05) is 17.7 Å². The lowest BCUT2D eigenvalue weighted by Gasteiger charge is -2.18. The van der Waals surface area contributed by atoms with Gasteiger partial charge in [-0.15, -0.1) is 0 Å². The van der Waals surface area contributed by atoms with Crippen molar-refractivity contribution in [3.63, 3.8) is 0 Å². The van der Waals surface area contributed by atoms with Crippen LogP contribution >= 0.6 is 0 Å². The van der Waals surface area contributed by atoms with Crippen LogP contribution in [0, 0.1) is 26.2 Å². The highest BCUT2D eigenvalue weighted by Gasteiger charge is 2.17. The predicted octanol–water partition coefficient (Wildman–Crippen LogP) is 1.39. The van der Waals surface area contributed by atoms with Crippen molar-refractivity contribution < 1.29 is 9.53 Å². The van der Waals surface area contributed by atoms with E-state index in [-0.39, 0.29) is 5.96 Å². The van der Waals surface area contributed by atoms with Crippen LogP contribution in [-0.2, 0) is 4.79 Å². The van der Waals surface area contributed by atoms with E-state index in [1.807, 2.05) is 32.9 Å². The monoisotopic (exact) mass is 249 g/mol. The Morgan fingerprint density at radius 2 is 1.83 bits per heavy atom. The molecule has 1 amide bonds. The van der Waals surface area contributed by atoms with E-state index in [0.29, 0.717) is 5.75 Å². The molecule has 18 heavy (non-hydrogen) atoms. The number of rotatable bonds is 3. The van der Waals surface area contributed by atoms with Crippen LogP contribution in [0.3, 0.4) is 0 Å². The highest BCUT2D eigenvalue weighted by Crippen LogP contribution is 2.25. The third kappa shape index (κ3) is 3.48. The van der Waals surface area contributed by atoms with Crippen molar-refractivity contribution in [3.05, 3.63) is 28.8 Å². The summed E-state index contributed by atoms with van der Waals surface area (Å²) in [6.45, 7) is 7.50. The fourth-order valence-corrected chi connectivity index (χ4v) is 1.82. The molecule has 0 spiro atoms. The fourth-order valence-electron chi connectivity index (χ4n) is 1.82.